The standard InChI is InChI=1S/C24H26N6O2/c1-15-9-10-19(13-16(15)2)27-21(31)12-11-20-17(3)26-24-28-23(29-30(24)22(20)32)25-14-18-7-5-4-6-8-18/h4-10,13H,11-12,14H2,1-3H3,(H,27,31)(H2,25,26,28,29). The second-order valence-corrected chi connectivity index (χ2v) is 7.87. The first-order chi connectivity index (χ1) is 15.4. The summed E-state index contributed by atoms with van der Waals surface area (Å²) >= 11 is 0. The Morgan fingerprint density at radius 3 is 2.56 bits per heavy atom. The van der Waals surface area contributed by atoms with Crippen LogP contribution in [0.15, 0.2) is 53.3 Å². The Balaban J connectivity index is 1.45. The average molecular weight is 431 g/mol. The van der Waals surface area contributed by atoms with E-state index in [1.54, 1.807) is 6.92 Å². The summed E-state index contributed by atoms with van der Waals surface area (Å²) in [6, 6.07) is 15.7. The van der Waals surface area contributed by atoms with E-state index in [0.717, 1.165) is 16.8 Å². The molecule has 0 bridgehead atoms. The largest absolute Gasteiger partial charge is 0.351 e. The molecule has 8 heteroatoms. The summed E-state index contributed by atoms with van der Waals surface area (Å²) in [5, 5.41) is 9.03. The van der Waals surface area contributed by atoms with Gasteiger partial charge < -0.3 is 10.6 Å². The summed E-state index contributed by atoms with van der Waals surface area (Å²) in [7, 11) is 0. The number of hydrogen-bond donors (Lipinski definition) is 3. The number of hydrogen-bond acceptors (Lipinski definition) is 5. The van der Waals surface area contributed by atoms with Crippen LogP contribution in [0.4, 0.5) is 11.6 Å². The molecule has 0 aliphatic carbocycles. The molecular formula is C24H26N6O2. The predicted octanol–water partition coefficient (Wildman–Crippen LogP) is 3.53. The maximum Gasteiger partial charge on any atom is 0.277 e. The van der Waals surface area contributed by atoms with Crippen molar-refractivity contribution in [2.75, 3.05) is 10.6 Å². The molecule has 0 unspecified atom stereocenters. The van der Waals surface area contributed by atoms with Crippen LogP contribution in [0, 0.1) is 20.8 Å². The van der Waals surface area contributed by atoms with Crippen LogP contribution < -0.4 is 16.2 Å². The van der Waals surface area contributed by atoms with Gasteiger partial charge in [-0.25, -0.2) is 4.98 Å². The summed E-state index contributed by atoms with van der Waals surface area (Å²) in [6.07, 6.45) is 0.479. The molecule has 2 heterocycles. The molecule has 0 fully saturated rings. The smallest absolute Gasteiger partial charge is 0.277 e. The van der Waals surface area contributed by atoms with Gasteiger partial charge in [0.25, 0.3) is 11.3 Å². The summed E-state index contributed by atoms with van der Waals surface area (Å²) in [4.78, 5) is 34.2. The molecule has 164 valence electrons. The van der Waals surface area contributed by atoms with Crippen LogP contribution >= 0.6 is 0 Å². The molecule has 0 aliphatic heterocycles. The van der Waals surface area contributed by atoms with Crippen molar-refractivity contribution in [1.82, 2.24) is 19.6 Å². The quantitative estimate of drug-likeness (QED) is 0.416. The minimum atomic E-state index is -0.244. The lowest BCUT2D eigenvalue weighted by Crippen LogP contribution is -2.23. The lowest BCUT2D eigenvalue weighted by molar-refractivity contribution is -0.116. The highest BCUT2D eigenvalue weighted by Gasteiger charge is 2.15. The van der Waals surface area contributed by atoms with E-state index in [-0.39, 0.29) is 17.9 Å². The van der Waals surface area contributed by atoms with Gasteiger partial charge >= 0.3 is 0 Å². The van der Waals surface area contributed by atoms with Crippen LogP contribution in [0.2, 0.25) is 0 Å². The van der Waals surface area contributed by atoms with Crippen LogP contribution in [0.3, 0.4) is 0 Å². The molecule has 0 spiro atoms. The summed E-state index contributed by atoms with van der Waals surface area (Å²) in [5.41, 5.74) is 4.96. The van der Waals surface area contributed by atoms with Gasteiger partial charge in [0.2, 0.25) is 11.9 Å². The van der Waals surface area contributed by atoms with Crippen LogP contribution in [-0.2, 0) is 17.8 Å². The van der Waals surface area contributed by atoms with Crippen molar-refractivity contribution >= 4 is 23.3 Å². The van der Waals surface area contributed by atoms with Crippen molar-refractivity contribution in [3.8, 4) is 0 Å². The first-order valence-electron chi connectivity index (χ1n) is 10.5. The number of rotatable bonds is 7. The molecule has 0 radical (unpaired) electrons. The van der Waals surface area contributed by atoms with Gasteiger partial charge in [-0.2, -0.15) is 9.50 Å². The van der Waals surface area contributed by atoms with Crippen LogP contribution in [0.25, 0.3) is 5.78 Å². The van der Waals surface area contributed by atoms with Crippen LogP contribution in [0.5, 0.6) is 0 Å². The fourth-order valence-corrected chi connectivity index (χ4v) is 3.48. The highest BCUT2D eigenvalue weighted by atomic mass is 16.1. The van der Waals surface area contributed by atoms with Gasteiger partial charge in [0.1, 0.15) is 0 Å². The van der Waals surface area contributed by atoms with Crippen molar-refractivity contribution in [3.05, 3.63) is 86.8 Å². The summed E-state index contributed by atoms with van der Waals surface area (Å²) in [5.74, 6) is 0.612. The molecule has 0 atom stereocenters. The van der Waals surface area contributed by atoms with E-state index in [4.69, 9.17) is 0 Å². The van der Waals surface area contributed by atoms with Gasteiger partial charge in [-0.1, -0.05) is 36.4 Å². The van der Waals surface area contributed by atoms with E-state index < -0.39 is 0 Å². The van der Waals surface area contributed by atoms with Gasteiger partial charge in [-0.05, 0) is 56.0 Å². The summed E-state index contributed by atoms with van der Waals surface area (Å²) < 4.78 is 1.32. The minimum Gasteiger partial charge on any atom is -0.351 e. The van der Waals surface area contributed by atoms with Crippen molar-refractivity contribution in [3.63, 3.8) is 0 Å². The number of aryl methyl sites for hydroxylation is 3. The highest BCUT2D eigenvalue weighted by molar-refractivity contribution is 5.91. The van der Waals surface area contributed by atoms with Crippen molar-refractivity contribution in [1.29, 1.82) is 0 Å². The Morgan fingerprint density at radius 1 is 1.03 bits per heavy atom. The molecule has 2 aromatic heterocycles. The lowest BCUT2D eigenvalue weighted by Gasteiger charge is -2.08. The molecule has 3 N–H and O–H groups in total. The third-order valence-electron chi connectivity index (χ3n) is 5.49. The van der Waals surface area contributed by atoms with Gasteiger partial charge in [0.15, 0.2) is 0 Å². The fourth-order valence-electron chi connectivity index (χ4n) is 3.48. The normalized spacial score (nSPS) is 11.0. The molecule has 1 amide bonds. The number of carbonyl (C=O) groups is 1. The second kappa shape index (κ2) is 9.05. The highest BCUT2D eigenvalue weighted by Crippen LogP contribution is 2.15. The zero-order valence-corrected chi connectivity index (χ0v) is 18.4. The average Bonchev–Trinajstić information content (AvgIpc) is 3.18. The number of anilines is 2. The third kappa shape index (κ3) is 4.69. The third-order valence-corrected chi connectivity index (χ3v) is 5.49. The Labute approximate surface area is 185 Å². The monoisotopic (exact) mass is 430 g/mol. The minimum absolute atomic E-state index is 0.146. The number of H-pyrrole nitrogens is 1. The Hall–Kier alpha value is -3.94. The topological polar surface area (TPSA) is 104 Å². The van der Waals surface area contributed by atoms with Gasteiger partial charge in [0, 0.05) is 24.2 Å². The molecule has 4 aromatic rings. The molecule has 0 saturated carbocycles. The number of aromatic amines is 1. The van der Waals surface area contributed by atoms with Gasteiger partial charge in [-0.15, -0.1) is 0 Å². The number of carbonyl (C=O) groups excluding carboxylic acids is 1. The Bertz CT molecular complexity index is 1320. The van der Waals surface area contributed by atoms with E-state index in [1.165, 1.54) is 10.1 Å². The maximum absolute atomic E-state index is 13.0. The lowest BCUT2D eigenvalue weighted by atomic mass is 10.1. The van der Waals surface area contributed by atoms with E-state index in [2.05, 4.69) is 25.7 Å². The van der Waals surface area contributed by atoms with Crippen molar-refractivity contribution in [2.24, 2.45) is 0 Å². The molecule has 0 saturated heterocycles. The summed E-state index contributed by atoms with van der Waals surface area (Å²) in [6.45, 7) is 6.37. The zero-order valence-electron chi connectivity index (χ0n) is 18.4. The number of nitrogens with one attached hydrogen (secondary N) is 3. The molecule has 32 heavy (non-hydrogen) atoms. The maximum atomic E-state index is 13.0. The first-order valence-corrected chi connectivity index (χ1v) is 10.5. The van der Waals surface area contributed by atoms with Crippen LogP contribution in [0.1, 0.15) is 34.4 Å². The zero-order chi connectivity index (χ0) is 22.7. The number of benzene rings is 2. The SMILES string of the molecule is Cc1ccc(NC(=O)CCc2c(C)nc3nc(NCc4ccccc4)[nH]n3c2=O)cc1C. The first kappa shape index (κ1) is 21.3. The molecular weight excluding hydrogens is 404 g/mol. The number of fused-ring (bicyclic) bond motifs is 1. The molecule has 0 aliphatic rings. The van der Waals surface area contributed by atoms with Gasteiger partial charge in [0.05, 0.1) is 5.69 Å². The molecule has 2 aromatic carbocycles. The van der Waals surface area contributed by atoms with Gasteiger partial charge in [-0.3, -0.25) is 14.7 Å². The van der Waals surface area contributed by atoms with E-state index in [9.17, 15) is 9.59 Å². The predicted molar refractivity (Wildman–Crippen MR) is 125 cm³/mol. The molecule has 4 rings (SSSR count). The van der Waals surface area contributed by atoms with E-state index >= 15 is 0 Å². The van der Waals surface area contributed by atoms with Crippen LogP contribution in [-0.4, -0.2) is 25.5 Å². The van der Waals surface area contributed by atoms with Crippen molar-refractivity contribution in [2.45, 2.75) is 40.2 Å². The van der Waals surface area contributed by atoms with E-state index in [0.29, 0.717) is 35.9 Å². The number of amides is 1. The fraction of sp³-hybridized carbons (Fsp3) is 0.250. The Kier molecular flexibility index (Phi) is 6.02. The number of aromatic nitrogens is 4. The Morgan fingerprint density at radius 2 is 1.81 bits per heavy atom. The van der Waals surface area contributed by atoms with E-state index in [1.807, 2.05) is 62.4 Å². The van der Waals surface area contributed by atoms with Crippen molar-refractivity contribution < 1.29 is 4.79 Å². The second-order valence-electron chi connectivity index (χ2n) is 7.87. The molecule has 8 nitrogen and oxygen atoms in total. The number of nitrogens with zero attached hydrogens (tertiary/aromatic N) is 3.